The summed E-state index contributed by atoms with van der Waals surface area (Å²) in [6.07, 6.45) is 1.88. The molecule has 1 aliphatic heterocycles. The van der Waals surface area contributed by atoms with Crippen molar-refractivity contribution in [3.63, 3.8) is 0 Å². The topological polar surface area (TPSA) is 63.4 Å². The van der Waals surface area contributed by atoms with Gasteiger partial charge in [-0.05, 0) is 0 Å². The Hall–Kier alpha value is 0.150. The molecule has 1 saturated heterocycles. The van der Waals surface area contributed by atoms with Crippen LogP contribution in [0.15, 0.2) is 0 Å². The van der Waals surface area contributed by atoms with Gasteiger partial charge in [0.2, 0.25) is 0 Å². The van der Waals surface area contributed by atoms with Gasteiger partial charge in [0.05, 0.1) is 4.99 Å². The molecule has 1 heterocycles. The van der Waals surface area contributed by atoms with Crippen molar-refractivity contribution in [1.29, 1.82) is 0 Å². The Labute approximate surface area is 100 Å². The van der Waals surface area contributed by atoms with Crippen LogP contribution in [0.1, 0.15) is 6.42 Å². The number of thiocarbonyl (C=S) groups is 1. The maximum Gasteiger partial charge on any atom is 0.164 e. The number of hydrogen-bond donors (Lipinski definition) is 1. The predicted octanol–water partition coefficient (Wildman–Crippen LogP) is 0.0821. The summed E-state index contributed by atoms with van der Waals surface area (Å²) in [4.78, 5) is 2.41. The smallest absolute Gasteiger partial charge is 0.164 e. The Morgan fingerprint density at radius 1 is 1.67 bits per heavy atom. The zero-order valence-corrected chi connectivity index (χ0v) is 11.1. The Balaban J connectivity index is 2.62. The quantitative estimate of drug-likeness (QED) is 0.729. The van der Waals surface area contributed by atoms with E-state index >= 15 is 0 Å². The second-order valence-corrected chi connectivity index (χ2v) is 7.49. The standard InChI is InChI=1S/C8H16N2O2S3/c1-15(11,12)8-6-14-5-4-10(8)3-2-7(9)13/h8H,2-6H2,1H3,(H2,9,13). The maximum atomic E-state index is 11.5. The molecule has 0 aromatic carbocycles. The van der Waals surface area contributed by atoms with Crippen LogP contribution in [0, 0.1) is 0 Å². The third-order valence-electron chi connectivity index (χ3n) is 2.33. The lowest BCUT2D eigenvalue weighted by Crippen LogP contribution is -2.47. The van der Waals surface area contributed by atoms with Crippen molar-refractivity contribution in [1.82, 2.24) is 4.90 Å². The van der Waals surface area contributed by atoms with Crippen molar-refractivity contribution in [3.8, 4) is 0 Å². The fraction of sp³-hybridized carbons (Fsp3) is 0.875. The van der Waals surface area contributed by atoms with Crippen LogP contribution in [0.3, 0.4) is 0 Å². The van der Waals surface area contributed by atoms with E-state index in [1.807, 2.05) is 4.90 Å². The monoisotopic (exact) mass is 268 g/mol. The summed E-state index contributed by atoms with van der Waals surface area (Å²) in [6, 6.07) is 0. The third-order valence-corrected chi connectivity index (χ3v) is 5.22. The number of nitrogens with zero attached hydrogens (tertiary/aromatic N) is 1. The van der Waals surface area contributed by atoms with Crippen LogP contribution in [0.2, 0.25) is 0 Å². The highest BCUT2D eigenvalue weighted by Crippen LogP contribution is 2.20. The Morgan fingerprint density at radius 3 is 2.87 bits per heavy atom. The first kappa shape index (κ1) is 13.2. The highest BCUT2D eigenvalue weighted by atomic mass is 32.2. The van der Waals surface area contributed by atoms with Crippen LogP contribution in [-0.2, 0) is 9.84 Å². The molecule has 0 saturated carbocycles. The zero-order valence-electron chi connectivity index (χ0n) is 8.68. The lowest BCUT2D eigenvalue weighted by molar-refractivity contribution is 0.278. The molecule has 1 fully saturated rings. The number of hydrogen-bond acceptors (Lipinski definition) is 5. The third kappa shape index (κ3) is 4.26. The maximum absolute atomic E-state index is 11.5. The average molecular weight is 268 g/mol. The lowest BCUT2D eigenvalue weighted by Gasteiger charge is -2.33. The lowest BCUT2D eigenvalue weighted by atomic mass is 10.3. The van der Waals surface area contributed by atoms with Crippen molar-refractivity contribution >= 4 is 38.8 Å². The summed E-state index contributed by atoms with van der Waals surface area (Å²) in [6.45, 7) is 1.44. The second-order valence-electron chi connectivity index (χ2n) is 3.61. The molecule has 88 valence electrons. The van der Waals surface area contributed by atoms with Gasteiger partial charge in [0.25, 0.3) is 0 Å². The van der Waals surface area contributed by atoms with Crippen LogP contribution in [0.25, 0.3) is 0 Å². The van der Waals surface area contributed by atoms with Gasteiger partial charge in [-0.25, -0.2) is 8.42 Å². The van der Waals surface area contributed by atoms with Crippen LogP contribution >= 0.6 is 24.0 Å². The van der Waals surface area contributed by atoms with E-state index in [1.165, 1.54) is 6.26 Å². The van der Waals surface area contributed by atoms with Gasteiger partial charge in [0.1, 0.15) is 5.37 Å². The summed E-state index contributed by atoms with van der Waals surface area (Å²) in [5, 5.41) is -0.370. The predicted molar refractivity (Wildman–Crippen MR) is 68.9 cm³/mol. The molecule has 0 aliphatic carbocycles. The first-order valence-electron chi connectivity index (χ1n) is 4.70. The van der Waals surface area contributed by atoms with Crippen molar-refractivity contribution in [2.45, 2.75) is 11.8 Å². The van der Waals surface area contributed by atoms with Gasteiger partial charge in [0.15, 0.2) is 9.84 Å². The van der Waals surface area contributed by atoms with Gasteiger partial charge in [-0.2, -0.15) is 11.8 Å². The van der Waals surface area contributed by atoms with Crippen molar-refractivity contribution in [3.05, 3.63) is 0 Å². The Morgan fingerprint density at radius 2 is 2.33 bits per heavy atom. The van der Waals surface area contributed by atoms with Crippen LogP contribution in [0.5, 0.6) is 0 Å². The first-order valence-corrected chi connectivity index (χ1v) is 8.22. The molecule has 7 heteroatoms. The molecule has 0 radical (unpaired) electrons. The van der Waals surface area contributed by atoms with Crippen LogP contribution in [0.4, 0.5) is 0 Å². The molecular weight excluding hydrogens is 252 g/mol. The van der Waals surface area contributed by atoms with E-state index < -0.39 is 9.84 Å². The molecule has 1 unspecified atom stereocenters. The summed E-state index contributed by atoms with van der Waals surface area (Å²) >= 11 is 6.48. The van der Waals surface area contributed by atoms with Crippen LogP contribution < -0.4 is 5.73 Å². The van der Waals surface area contributed by atoms with E-state index in [0.717, 1.165) is 12.3 Å². The van der Waals surface area contributed by atoms with Crippen molar-refractivity contribution in [2.24, 2.45) is 5.73 Å². The van der Waals surface area contributed by atoms with Crippen molar-refractivity contribution in [2.75, 3.05) is 30.9 Å². The molecule has 2 N–H and O–H groups in total. The van der Waals surface area contributed by atoms with E-state index in [1.54, 1.807) is 11.8 Å². The Bertz CT molecular complexity index is 329. The summed E-state index contributed by atoms with van der Waals surface area (Å²) < 4.78 is 23.0. The van der Waals surface area contributed by atoms with E-state index in [9.17, 15) is 8.42 Å². The molecule has 0 aromatic heterocycles. The molecule has 0 spiro atoms. The SMILES string of the molecule is CS(=O)(=O)C1CSCCN1CCC(N)=S. The average Bonchev–Trinajstić information content (AvgIpc) is 2.13. The van der Waals surface area contributed by atoms with E-state index in [0.29, 0.717) is 23.7 Å². The first-order chi connectivity index (χ1) is 6.91. The summed E-state index contributed by atoms with van der Waals surface area (Å²) in [5.41, 5.74) is 5.41. The molecule has 1 rings (SSSR count). The molecule has 0 bridgehead atoms. The molecule has 0 amide bonds. The van der Waals surface area contributed by atoms with E-state index in [2.05, 4.69) is 0 Å². The minimum absolute atomic E-state index is 0.370. The fourth-order valence-corrected chi connectivity index (χ4v) is 4.58. The molecule has 4 nitrogen and oxygen atoms in total. The Kier molecular flexibility index (Phi) is 4.82. The van der Waals surface area contributed by atoms with E-state index in [-0.39, 0.29) is 5.37 Å². The molecule has 0 aromatic rings. The summed E-state index contributed by atoms with van der Waals surface area (Å²) in [5.74, 6) is 1.62. The number of rotatable bonds is 4. The highest BCUT2D eigenvalue weighted by molar-refractivity contribution is 8.00. The zero-order chi connectivity index (χ0) is 11.5. The van der Waals surface area contributed by atoms with Crippen molar-refractivity contribution < 1.29 is 8.42 Å². The minimum Gasteiger partial charge on any atom is -0.393 e. The van der Waals surface area contributed by atoms with E-state index in [4.69, 9.17) is 18.0 Å². The van der Waals surface area contributed by atoms with Gasteiger partial charge in [-0.1, -0.05) is 12.2 Å². The van der Waals surface area contributed by atoms with Gasteiger partial charge >= 0.3 is 0 Å². The molecule has 1 aliphatic rings. The number of thioether (sulfide) groups is 1. The second kappa shape index (κ2) is 5.47. The van der Waals surface area contributed by atoms with Gasteiger partial charge in [0, 0.05) is 37.3 Å². The fourth-order valence-electron chi connectivity index (χ4n) is 1.52. The van der Waals surface area contributed by atoms with Gasteiger partial charge in [-0.3, -0.25) is 4.90 Å². The molecule has 1 atom stereocenters. The normalized spacial score (nSPS) is 23.9. The highest BCUT2D eigenvalue weighted by Gasteiger charge is 2.30. The molecule has 15 heavy (non-hydrogen) atoms. The largest absolute Gasteiger partial charge is 0.393 e. The van der Waals surface area contributed by atoms with Gasteiger partial charge < -0.3 is 5.73 Å². The summed E-state index contributed by atoms with van der Waals surface area (Å²) in [7, 11) is -3.00. The minimum atomic E-state index is -3.00. The van der Waals surface area contributed by atoms with Gasteiger partial charge in [-0.15, -0.1) is 0 Å². The number of nitrogens with two attached hydrogens (primary N) is 1. The number of sulfone groups is 1. The van der Waals surface area contributed by atoms with Crippen LogP contribution in [-0.4, -0.2) is 54.5 Å². The molecular formula is C8H16N2O2S3.